The van der Waals surface area contributed by atoms with Crippen molar-refractivity contribution < 1.29 is 31.1 Å². The third-order valence-corrected chi connectivity index (χ3v) is 16.8. The quantitative estimate of drug-likeness (QED) is 0.0390. The van der Waals surface area contributed by atoms with Crippen LogP contribution in [0.15, 0.2) is 95.0 Å². The van der Waals surface area contributed by atoms with Gasteiger partial charge in [-0.3, -0.25) is 4.79 Å². The van der Waals surface area contributed by atoms with Crippen LogP contribution in [0.5, 0.6) is 11.5 Å². The number of halogens is 2. The lowest BCUT2D eigenvalue weighted by atomic mass is 9.81. The van der Waals surface area contributed by atoms with Crippen LogP contribution in [-0.2, 0) is 35.3 Å². The van der Waals surface area contributed by atoms with Crippen LogP contribution in [0.1, 0.15) is 77.6 Å². The minimum absolute atomic E-state index is 0.161. The summed E-state index contributed by atoms with van der Waals surface area (Å²) >= 11 is 12.7. The number of methoxy groups -OCH3 is 2. The summed E-state index contributed by atoms with van der Waals surface area (Å²) in [6.07, 6.45) is 3.56. The number of ether oxygens (including phenoxy) is 2. The molecule has 0 aliphatic heterocycles. The number of carbonyl (C=O) groups is 1. The summed E-state index contributed by atoms with van der Waals surface area (Å²) < 4.78 is 62.6. The summed E-state index contributed by atoms with van der Waals surface area (Å²) in [6.45, 7) is 19.7. The highest BCUT2D eigenvalue weighted by Gasteiger charge is 2.27. The fraction of sp³-hybridized carbons (Fsp3) is 0.353. The van der Waals surface area contributed by atoms with Gasteiger partial charge in [-0.25, -0.2) is 26.8 Å². The van der Waals surface area contributed by atoms with Crippen molar-refractivity contribution in [2.45, 2.75) is 100 Å². The zero-order valence-corrected chi connectivity index (χ0v) is 45.7. The van der Waals surface area contributed by atoms with E-state index >= 15 is 0 Å². The molecule has 0 unspecified atom stereocenters. The lowest BCUT2D eigenvalue weighted by Gasteiger charge is -2.28. The lowest BCUT2D eigenvalue weighted by molar-refractivity contribution is -0.109. The number of nitrogens with zero attached hydrogens (tertiary/aromatic N) is 4. The van der Waals surface area contributed by atoms with Crippen LogP contribution in [0, 0.1) is 13.8 Å². The Hall–Kier alpha value is -6.25. The van der Waals surface area contributed by atoms with Gasteiger partial charge in [-0.05, 0) is 112 Å². The van der Waals surface area contributed by atoms with Crippen LogP contribution in [0.4, 0.5) is 46.3 Å². The average molecular weight is 1060 g/mol. The number of aromatic nitrogens is 4. The number of hydrogen-bond acceptors (Lipinski definition) is 16. The number of sulfone groups is 2. The maximum atomic E-state index is 12.8. The highest BCUT2D eigenvalue weighted by Crippen LogP contribution is 2.39. The van der Waals surface area contributed by atoms with E-state index in [-0.39, 0.29) is 54.2 Å². The molecule has 0 bridgehead atoms. The minimum atomic E-state index is -3.54. The molecule has 0 aliphatic carbocycles. The number of rotatable bonds is 20. The van der Waals surface area contributed by atoms with Gasteiger partial charge in [-0.2, -0.15) is 9.97 Å². The lowest BCUT2D eigenvalue weighted by Crippen LogP contribution is -2.32. The van der Waals surface area contributed by atoms with Gasteiger partial charge in [0.05, 0.1) is 69.7 Å². The van der Waals surface area contributed by atoms with Gasteiger partial charge < -0.3 is 41.8 Å². The molecule has 2 heterocycles. The predicted octanol–water partition coefficient (Wildman–Crippen LogP) is 10.5. The van der Waals surface area contributed by atoms with Crippen LogP contribution >= 0.6 is 23.2 Å². The van der Waals surface area contributed by atoms with Crippen molar-refractivity contribution in [3.8, 4) is 11.5 Å². The van der Waals surface area contributed by atoms with Crippen molar-refractivity contribution >= 4 is 95.6 Å². The third kappa shape index (κ3) is 13.2. The molecule has 2 aromatic heterocycles. The van der Waals surface area contributed by atoms with Crippen LogP contribution in [0.25, 0.3) is 0 Å². The van der Waals surface area contributed by atoms with E-state index in [1.54, 1.807) is 90.4 Å². The van der Waals surface area contributed by atoms with Crippen molar-refractivity contribution in [3.63, 3.8) is 0 Å². The van der Waals surface area contributed by atoms with E-state index < -0.39 is 30.2 Å². The van der Waals surface area contributed by atoms with Crippen molar-refractivity contribution in [2.75, 3.05) is 48.6 Å². The van der Waals surface area contributed by atoms with Crippen molar-refractivity contribution in [1.82, 2.24) is 25.3 Å². The number of amides is 1. The Morgan fingerprint density at radius 2 is 1.01 bits per heavy atom. The SMILES string of the molecule is COc1cc(C(C)(C)CN)c(C)cc1Nc1ncc(Cl)c(Nc2ccccc2S(=O)(=O)C(C)C)n1.COc1cc(C(C)(C)CNC=O)c(C)cc1Nc1ncc(Cl)c(Nc2ccccc2S(=O)(=O)C(C)C)n1. The summed E-state index contributed by atoms with van der Waals surface area (Å²) in [6, 6.07) is 21.0. The first-order valence-electron chi connectivity index (χ1n) is 22.9. The molecule has 0 fully saturated rings. The Morgan fingerprint density at radius 1 is 0.625 bits per heavy atom. The molecule has 6 rings (SSSR count). The van der Waals surface area contributed by atoms with Crippen LogP contribution in [0.3, 0.4) is 0 Å². The molecule has 0 saturated heterocycles. The van der Waals surface area contributed by atoms with E-state index in [0.29, 0.717) is 53.7 Å². The van der Waals surface area contributed by atoms with Crippen molar-refractivity contribution in [2.24, 2.45) is 5.73 Å². The molecule has 7 N–H and O–H groups in total. The zero-order chi connectivity index (χ0) is 53.3. The van der Waals surface area contributed by atoms with E-state index in [2.05, 4.69) is 60.4 Å². The predicted molar refractivity (Wildman–Crippen MR) is 289 cm³/mol. The topological polar surface area (TPSA) is 242 Å². The number of nitrogens with two attached hydrogens (primary N) is 1. The molecule has 6 aromatic rings. The van der Waals surface area contributed by atoms with Gasteiger partial charge in [0.2, 0.25) is 18.3 Å². The first-order valence-corrected chi connectivity index (χ1v) is 26.7. The standard InChI is InChI=1S/C26H32ClN5O4S.C25H32ClN5O3S/c1-16(2)37(34,35)23-10-8-7-9-20(23)30-24-19(27)13-29-25(32-24)31-21-11-17(3)18(12-22(21)36-6)26(4,5)14-28-15-33;1-15(2)35(32,33)22-10-8-7-9-19(22)29-23-18(26)13-28-24(31-23)30-20-11-16(3)17(12-21(20)34-6)25(4,5)14-27/h7-13,15-16H,14H2,1-6H3,(H,28,33)(H2,29,30,31,32);7-13,15H,14,27H2,1-6H3,(H2,28,29,30,31). The molecule has 1 amide bonds. The van der Waals surface area contributed by atoms with E-state index in [9.17, 15) is 21.6 Å². The number of carbonyl (C=O) groups excluding carboxylic acids is 1. The molecular formula is C51H64Cl2N10O7S2. The second-order valence-electron chi connectivity index (χ2n) is 18.7. The molecule has 72 heavy (non-hydrogen) atoms. The molecule has 0 aliphatic rings. The molecule has 0 radical (unpaired) electrons. The first kappa shape index (κ1) is 56.7. The Morgan fingerprint density at radius 3 is 1.38 bits per heavy atom. The Labute approximate surface area is 433 Å². The van der Waals surface area contributed by atoms with Crippen molar-refractivity contribution in [3.05, 3.63) is 117 Å². The van der Waals surface area contributed by atoms with Crippen molar-refractivity contribution in [1.29, 1.82) is 0 Å². The van der Waals surface area contributed by atoms with Crippen LogP contribution in [0.2, 0.25) is 10.0 Å². The maximum absolute atomic E-state index is 12.8. The normalized spacial score (nSPS) is 11.9. The van der Waals surface area contributed by atoms with Crippen LogP contribution < -0.4 is 41.8 Å². The van der Waals surface area contributed by atoms with E-state index in [4.69, 9.17) is 38.4 Å². The number of hydrogen-bond donors (Lipinski definition) is 6. The average Bonchev–Trinajstić information content (AvgIpc) is 3.33. The number of aryl methyl sites for hydroxylation is 2. The van der Waals surface area contributed by atoms with Gasteiger partial charge >= 0.3 is 0 Å². The molecule has 4 aromatic carbocycles. The molecule has 386 valence electrons. The maximum Gasteiger partial charge on any atom is 0.229 e. The van der Waals surface area contributed by atoms with Gasteiger partial charge in [-0.1, -0.05) is 75.2 Å². The van der Waals surface area contributed by atoms with Gasteiger partial charge in [0, 0.05) is 23.9 Å². The highest BCUT2D eigenvalue weighted by molar-refractivity contribution is 7.92. The summed E-state index contributed by atoms with van der Waals surface area (Å²) in [5, 5.41) is 14.5. The molecule has 0 spiro atoms. The molecule has 21 heteroatoms. The summed E-state index contributed by atoms with van der Waals surface area (Å²) in [4.78, 5) is 28.7. The highest BCUT2D eigenvalue weighted by atomic mass is 35.5. The van der Waals surface area contributed by atoms with Gasteiger partial charge in [0.1, 0.15) is 21.5 Å². The second kappa shape index (κ2) is 23.5. The minimum Gasteiger partial charge on any atom is -0.495 e. The summed E-state index contributed by atoms with van der Waals surface area (Å²) in [5.41, 5.74) is 11.6. The number of para-hydroxylation sites is 2. The first-order chi connectivity index (χ1) is 33.8. The van der Waals surface area contributed by atoms with E-state index in [1.165, 1.54) is 12.4 Å². The second-order valence-corrected chi connectivity index (χ2v) is 24.4. The van der Waals surface area contributed by atoms with E-state index in [0.717, 1.165) is 22.3 Å². The van der Waals surface area contributed by atoms with Gasteiger partial charge in [0.15, 0.2) is 31.3 Å². The number of benzene rings is 4. The number of nitrogens with one attached hydrogen (secondary N) is 5. The fourth-order valence-corrected chi connectivity index (χ4v) is 10.2. The summed E-state index contributed by atoms with van der Waals surface area (Å²) in [5.74, 6) is 2.22. The van der Waals surface area contributed by atoms with Gasteiger partial charge in [0.25, 0.3) is 0 Å². The molecule has 17 nitrogen and oxygen atoms in total. The fourth-order valence-electron chi connectivity index (χ4n) is 7.54. The zero-order valence-electron chi connectivity index (χ0n) is 42.5. The Balaban J connectivity index is 0.000000268. The summed E-state index contributed by atoms with van der Waals surface area (Å²) in [7, 11) is -3.90. The van der Waals surface area contributed by atoms with Gasteiger partial charge in [-0.15, -0.1) is 0 Å². The smallest absolute Gasteiger partial charge is 0.229 e. The monoisotopic (exact) mass is 1060 g/mol. The van der Waals surface area contributed by atoms with E-state index in [1.807, 2.05) is 52.0 Å². The molecule has 0 saturated carbocycles. The molecular weight excluding hydrogens is 1000 g/mol. The largest absolute Gasteiger partial charge is 0.495 e. The Kier molecular flexibility index (Phi) is 18.5. The number of anilines is 8. The third-order valence-electron chi connectivity index (χ3n) is 11.8. The Bertz CT molecular complexity index is 3140. The van der Waals surface area contributed by atoms with Crippen LogP contribution in [-0.4, -0.2) is 81.0 Å². The molecule has 0 atom stereocenters.